The van der Waals surface area contributed by atoms with Crippen molar-refractivity contribution in [2.24, 2.45) is 0 Å². The van der Waals surface area contributed by atoms with Crippen LogP contribution in [0.25, 0.3) is 33.3 Å². The highest BCUT2D eigenvalue weighted by atomic mass is 16.3. The van der Waals surface area contributed by atoms with Gasteiger partial charge in [-0.2, -0.15) is 0 Å². The maximum atomic E-state index is 11.4. The van der Waals surface area contributed by atoms with Gasteiger partial charge in [0.2, 0.25) is 0 Å². The van der Waals surface area contributed by atoms with Gasteiger partial charge in [0, 0.05) is 50.2 Å². The lowest BCUT2D eigenvalue weighted by Gasteiger charge is -2.35. The third kappa shape index (κ3) is 5.11. The lowest BCUT2D eigenvalue weighted by molar-refractivity contribution is 0.0598. The number of hydrogen-bond acceptors (Lipinski definition) is 4. The number of nitrogens with zero attached hydrogens (tertiary/aromatic N) is 3. The van der Waals surface area contributed by atoms with Crippen LogP contribution in [0.15, 0.2) is 72.8 Å². The number of aromatic nitrogens is 1. The fraction of sp³-hybridized carbons (Fsp3) is 0.355. The van der Waals surface area contributed by atoms with Crippen molar-refractivity contribution < 1.29 is 10.2 Å². The number of hydrogen-bond donors (Lipinski definition) is 2. The van der Waals surface area contributed by atoms with Crippen molar-refractivity contribution >= 4 is 10.9 Å². The molecule has 0 aliphatic carbocycles. The Kier molecular flexibility index (Phi) is 7.54. The van der Waals surface area contributed by atoms with Gasteiger partial charge in [-0.3, -0.25) is 9.80 Å². The van der Waals surface area contributed by atoms with E-state index in [2.05, 4.69) is 101 Å². The first-order valence-electron chi connectivity index (χ1n) is 13.0. The largest absolute Gasteiger partial charge is 0.395 e. The summed E-state index contributed by atoms with van der Waals surface area (Å²) in [4.78, 5) is 4.63. The number of aliphatic hydroxyl groups is 2. The van der Waals surface area contributed by atoms with Crippen LogP contribution in [0.2, 0.25) is 0 Å². The third-order valence-electron chi connectivity index (χ3n) is 7.34. The Balaban J connectivity index is 1.57. The van der Waals surface area contributed by atoms with E-state index in [0.29, 0.717) is 13.1 Å². The van der Waals surface area contributed by atoms with Crippen molar-refractivity contribution in [1.82, 2.24) is 14.4 Å². The molecule has 0 bridgehead atoms. The van der Waals surface area contributed by atoms with Gasteiger partial charge in [0.1, 0.15) is 0 Å². The summed E-state index contributed by atoms with van der Waals surface area (Å²) in [6, 6.07) is 25.7. The SMILES string of the molecule is Cc1cc(C)c2c(c1)c(-c1ccccc1)c(-c1ccccc1)n2CC(O)CN1CCN(CCO)CC1. The second-order valence-electron chi connectivity index (χ2n) is 10.1. The Hall–Kier alpha value is -2.96. The number of rotatable bonds is 8. The Bertz CT molecular complexity index is 1290. The average molecular weight is 484 g/mol. The molecule has 0 spiro atoms. The van der Waals surface area contributed by atoms with Crippen LogP contribution >= 0.6 is 0 Å². The van der Waals surface area contributed by atoms with Gasteiger partial charge in [-0.05, 0) is 36.6 Å². The highest BCUT2D eigenvalue weighted by molar-refractivity contribution is 6.06. The summed E-state index contributed by atoms with van der Waals surface area (Å²) in [6.45, 7) is 10.2. The summed E-state index contributed by atoms with van der Waals surface area (Å²) < 4.78 is 2.36. The number of benzene rings is 3. The van der Waals surface area contributed by atoms with Gasteiger partial charge in [0.15, 0.2) is 0 Å². The summed E-state index contributed by atoms with van der Waals surface area (Å²) >= 11 is 0. The zero-order valence-corrected chi connectivity index (χ0v) is 21.4. The molecular weight excluding hydrogens is 446 g/mol. The van der Waals surface area contributed by atoms with E-state index >= 15 is 0 Å². The van der Waals surface area contributed by atoms with E-state index in [9.17, 15) is 10.2 Å². The van der Waals surface area contributed by atoms with E-state index in [-0.39, 0.29) is 6.61 Å². The van der Waals surface area contributed by atoms with Crippen molar-refractivity contribution in [3.63, 3.8) is 0 Å². The van der Waals surface area contributed by atoms with Crippen molar-refractivity contribution in [3.05, 3.63) is 83.9 Å². The van der Waals surface area contributed by atoms with Crippen LogP contribution in [0.4, 0.5) is 0 Å². The predicted octanol–water partition coefficient (Wildman–Crippen LogP) is 4.56. The van der Waals surface area contributed by atoms with E-state index in [0.717, 1.165) is 44.0 Å². The van der Waals surface area contributed by atoms with Crippen molar-refractivity contribution in [1.29, 1.82) is 0 Å². The highest BCUT2D eigenvalue weighted by Crippen LogP contribution is 2.42. The van der Waals surface area contributed by atoms with Crippen molar-refractivity contribution in [2.75, 3.05) is 45.9 Å². The number of β-amino-alcohol motifs (C(OH)–C–C–N with tert-alkyl or cyclic N) is 2. The molecule has 2 N–H and O–H groups in total. The summed E-state index contributed by atoms with van der Waals surface area (Å²) in [5, 5.41) is 21.8. The van der Waals surface area contributed by atoms with Gasteiger partial charge in [-0.15, -0.1) is 0 Å². The molecule has 0 radical (unpaired) electrons. The average Bonchev–Trinajstić information content (AvgIpc) is 3.20. The first kappa shape index (κ1) is 24.7. The Morgan fingerprint density at radius 3 is 2.03 bits per heavy atom. The standard InChI is InChI=1S/C31H37N3O2/c1-23-19-24(2)30-28(20-23)29(25-9-5-3-6-10-25)31(26-11-7-4-8-12-26)34(30)22-27(36)21-33-15-13-32(14-16-33)17-18-35/h3-12,19-20,27,35-36H,13-18,21-22H2,1-2H3. The molecule has 5 nitrogen and oxygen atoms in total. The first-order chi connectivity index (χ1) is 17.5. The van der Waals surface area contributed by atoms with E-state index < -0.39 is 6.10 Å². The molecule has 4 aromatic rings. The van der Waals surface area contributed by atoms with Gasteiger partial charge in [0.05, 0.1) is 30.5 Å². The Morgan fingerprint density at radius 1 is 0.778 bits per heavy atom. The fourth-order valence-corrected chi connectivity index (χ4v) is 5.76. The summed E-state index contributed by atoms with van der Waals surface area (Å²) in [5.74, 6) is 0. The number of aliphatic hydroxyl groups excluding tert-OH is 2. The van der Waals surface area contributed by atoms with Gasteiger partial charge < -0.3 is 14.8 Å². The second kappa shape index (κ2) is 11.0. The molecule has 1 saturated heterocycles. The maximum absolute atomic E-state index is 11.4. The van der Waals surface area contributed by atoms with Crippen molar-refractivity contribution in [3.8, 4) is 22.4 Å². The molecule has 0 amide bonds. The Morgan fingerprint density at radius 2 is 1.39 bits per heavy atom. The molecule has 36 heavy (non-hydrogen) atoms. The predicted molar refractivity (Wildman–Crippen MR) is 148 cm³/mol. The van der Waals surface area contributed by atoms with Crippen LogP contribution in [-0.4, -0.2) is 76.6 Å². The van der Waals surface area contributed by atoms with E-state index in [4.69, 9.17) is 0 Å². The Labute approximate surface area is 214 Å². The van der Waals surface area contributed by atoms with Crippen LogP contribution in [0.3, 0.4) is 0 Å². The lowest BCUT2D eigenvalue weighted by atomic mass is 9.97. The van der Waals surface area contributed by atoms with Gasteiger partial charge in [-0.1, -0.05) is 72.3 Å². The molecular formula is C31H37N3O2. The van der Waals surface area contributed by atoms with Crippen LogP contribution in [0.5, 0.6) is 0 Å². The zero-order chi connectivity index (χ0) is 25.1. The maximum Gasteiger partial charge on any atom is 0.0845 e. The van der Waals surface area contributed by atoms with Gasteiger partial charge >= 0.3 is 0 Å². The molecule has 3 aromatic carbocycles. The minimum Gasteiger partial charge on any atom is -0.395 e. The third-order valence-corrected chi connectivity index (χ3v) is 7.34. The highest BCUT2D eigenvalue weighted by Gasteiger charge is 2.25. The molecule has 0 saturated carbocycles. The number of piperazine rings is 1. The minimum absolute atomic E-state index is 0.203. The fourth-order valence-electron chi connectivity index (χ4n) is 5.76. The molecule has 2 heterocycles. The van der Waals surface area contributed by atoms with Gasteiger partial charge in [-0.25, -0.2) is 0 Å². The smallest absolute Gasteiger partial charge is 0.0845 e. The molecule has 1 aliphatic heterocycles. The quantitative estimate of drug-likeness (QED) is 0.386. The summed E-state index contributed by atoms with van der Waals surface area (Å²) in [5.41, 5.74) is 8.43. The van der Waals surface area contributed by atoms with Gasteiger partial charge in [0.25, 0.3) is 0 Å². The normalized spacial score (nSPS) is 16.0. The van der Waals surface area contributed by atoms with Crippen molar-refractivity contribution in [2.45, 2.75) is 26.5 Å². The van der Waals surface area contributed by atoms with E-state index in [1.165, 1.54) is 33.2 Å². The molecule has 1 unspecified atom stereocenters. The van der Waals surface area contributed by atoms with Crippen LogP contribution in [0.1, 0.15) is 11.1 Å². The zero-order valence-electron chi connectivity index (χ0n) is 21.4. The number of aryl methyl sites for hydroxylation is 2. The molecule has 5 rings (SSSR count). The second-order valence-corrected chi connectivity index (χ2v) is 10.1. The monoisotopic (exact) mass is 483 g/mol. The molecule has 188 valence electrons. The first-order valence-corrected chi connectivity index (χ1v) is 13.0. The molecule has 1 fully saturated rings. The van der Waals surface area contributed by atoms with Crippen LogP contribution in [0, 0.1) is 13.8 Å². The van der Waals surface area contributed by atoms with Crippen LogP contribution in [-0.2, 0) is 6.54 Å². The molecule has 1 aliphatic rings. The van der Waals surface area contributed by atoms with E-state index in [1.54, 1.807) is 0 Å². The molecule has 1 aromatic heterocycles. The topological polar surface area (TPSA) is 51.9 Å². The molecule has 5 heteroatoms. The lowest BCUT2D eigenvalue weighted by Crippen LogP contribution is -2.49. The van der Waals surface area contributed by atoms with Crippen LogP contribution < -0.4 is 0 Å². The molecule has 1 atom stereocenters. The summed E-state index contributed by atoms with van der Waals surface area (Å²) in [7, 11) is 0. The minimum atomic E-state index is -0.489. The summed E-state index contributed by atoms with van der Waals surface area (Å²) in [6.07, 6.45) is -0.489. The number of fused-ring (bicyclic) bond motifs is 1. The van der Waals surface area contributed by atoms with E-state index in [1.807, 2.05) is 0 Å².